The van der Waals surface area contributed by atoms with Gasteiger partial charge in [-0.2, -0.15) is 10.1 Å². The van der Waals surface area contributed by atoms with Gasteiger partial charge in [-0.3, -0.25) is 0 Å². The highest BCUT2D eigenvalue weighted by molar-refractivity contribution is 6.33. The third kappa shape index (κ3) is 4.09. The molecule has 0 radical (unpaired) electrons. The molecule has 0 saturated heterocycles. The largest absolute Gasteiger partial charge is 0.364 e. The lowest BCUT2D eigenvalue weighted by Crippen LogP contribution is -2.06. The van der Waals surface area contributed by atoms with E-state index in [0.29, 0.717) is 28.4 Å². The van der Waals surface area contributed by atoms with E-state index in [1.165, 1.54) is 0 Å². The second kappa shape index (κ2) is 7.26. The molecule has 0 amide bonds. The number of rotatable bonds is 5. The summed E-state index contributed by atoms with van der Waals surface area (Å²) in [5.41, 5.74) is 1.70. The summed E-state index contributed by atoms with van der Waals surface area (Å²) in [6.07, 6.45) is 1.55. The van der Waals surface area contributed by atoms with Crippen LogP contribution in [0.1, 0.15) is 5.56 Å². The van der Waals surface area contributed by atoms with Gasteiger partial charge >= 0.3 is 0 Å². The Balaban J connectivity index is 1.70. The number of para-hydroxylation sites is 1. The number of benzene rings is 2. The van der Waals surface area contributed by atoms with Crippen LogP contribution in [0.25, 0.3) is 0 Å². The highest BCUT2D eigenvalue weighted by Crippen LogP contribution is 2.23. The molecule has 116 valence electrons. The zero-order valence-corrected chi connectivity index (χ0v) is 13.5. The molecule has 0 atom stereocenters. The number of nitrogens with zero attached hydrogens (tertiary/aromatic N) is 3. The summed E-state index contributed by atoms with van der Waals surface area (Å²) in [5, 5.41) is 15.4. The van der Waals surface area contributed by atoms with Gasteiger partial charge < -0.3 is 10.6 Å². The van der Waals surface area contributed by atoms with Gasteiger partial charge in [0.05, 0.1) is 16.9 Å². The van der Waals surface area contributed by atoms with Crippen LogP contribution in [0.4, 0.5) is 17.5 Å². The highest BCUT2D eigenvalue weighted by atomic mass is 35.5. The molecule has 0 unspecified atom stereocenters. The van der Waals surface area contributed by atoms with Gasteiger partial charge in [0.15, 0.2) is 5.82 Å². The molecule has 3 rings (SSSR count). The van der Waals surface area contributed by atoms with Crippen LogP contribution < -0.4 is 10.6 Å². The molecule has 0 aliphatic carbocycles. The Morgan fingerprint density at radius 1 is 0.913 bits per heavy atom. The lowest BCUT2D eigenvalue weighted by atomic mass is 10.2. The Hall–Kier alpha value is -2.37. The zero-order chi connectivity index (χ0) is 16.1. The summed E-state index contributed by atoms with van der Waals surface area (Å²) in [6.45, 7) is 0.546. The van der Waals surface area contributed by atoms with Crippen molar-refractivity contribution >= 4 is 40.7 Å². The second-order valence-electron chi connectivity index (χ2n) is 4.72. The van der Waals surface area contributed by atoms with E-state index in [4.69, 9.17) is 23.2 Å². The molecule has 5 nitrogen and oxygen atoms in total. The topological polar surface area (TPSA) is 62.7 Å². The smallest absolute Gasteiger partial charge is 0.249 e. The second-order valence-corrected chi connectivity index (χ2v) is 5.53. The van der Waals surface area contributed by atoms with Crippen molar-refractivity contribution in [3.05, 3.63) is 70.3 Å². The van der Waals surface area contributed by atoms with E-state index in [-0.39, 0.29) is 0 Å². The normalized spacial score (nSPS) is 10.3. The van der Waals surface area contributed by atoms with Gasteiger partial charge in [-0.05, 0) is 23.8 Å². The van der Waals surface area contributed by atoms with E-state index < -0.39 is 0 Å². The van der Waals surface area contributed by atoms with Crippen LogP contribution in [-0.2, 0) is 6.54 Å². The van der Waals surface area contributed by atoms with E-state index in [2.05, 4.69) is 25.8 Å². The maximum absolute atomic E-state index is 6.13. The number of halogens is 2. The van der Waals surface area contributed by atoms with E-state index in [1.54, 1.807) is 12.3 Å². The number of hydrogen-bond donors (Lipinski definition) is 2. The van der Waals surface area contributed by atoms with E-state index in [0.717, 1.165) is 11.3 Å². The van der Waals surface area contributed by atoms with Crippen molar-refractivity contribution in [2.75, 3.05) is 10.6 Å². The maximum Gasteiger partial charge on any atom is 0.249 e. The van der Waals surface area contributed by atoms with Crippen molar-refractivity contribution in [3.8, 4) is 0 Å². The lowest BCUT2D eigenvalue weighted by molar-refractivity contribution is 0.966. The first kappa shape index (κ1) is 15.5. The Bertz CT molecular complexity index is 810. The quantitative estimate of drug-likeness (QED) is 0.710. The number of hydrogen-bond acceptors (Lipinski definition) is 5. The summed E-state index contributed by atoms with van der Waals surface area (Å²) in [4.78, 5) is 4.36. The molecule has 2 aromatic carbocycles. The maximum atomic E-state index is 6.13. The van der Waals surface area contributed by atoms with E-state index >= 15 is 0 Å². The molecule has 1 aromatic heterocycles. The first-order chi connectivity index (χ1) is 11.2. The third-order valence-electron chi connectivity index (χ3n) is 3.10. The summed E-state index contributed by atoms with van der Waals surface area (Å²) < 4.78 is 0. The van der Waals surface area contributed by atoms with Crippen molar-refractivity contribution in [1.82, 2.24) is 15.2 Å². The average Bonchev–Trinajstić information content (AvgIpc) is 2.57. The van der Waals surface area contributed by atoms with Crippen LogP contribution in [0.3, 0.4) is 0 Å². The fourth-order valence-electron chi connectivity index (χ4n) is 1.95. The van der Waals surface area contributed by atoms with E-state index in [9.17, 15) is 0 Å². The van der Waals surface area contributed by atoms with Crippen LogP contribution in [0.2, 0.25) is 10.0 Å². The van der Waals surface area contributed by atoms with Crippen molar-refractivity contribution in [3.63, 3.8) is 0 Å². The van der Waals surface area contributed by atoms with Gasteiger partial charge in [-0.1, -0.05) is 53.5 Å². The van der Waals surface area contributed by atoms with Crippen molar-refractivity contribution in [2.24, 2.45) is 0 Å². The third-order valence-corrected chi connectivity index (χ3v) is 3.80. The Labute approximate surface area is 143 Å². The fourth-order valence-corrected chi connectivity index (χ4v) is 2.34. The molecule has 0 aliphatic rings. The minimum atomic E-state index is 0.363. The SMILES string of the molecule is Clc1ccccc1CNc1cnnc(Nc2ccccc2Cl)n1. The zero-order valence-electron chi connectivity index (χ0n) is 12.0. The molecule has 0 saturated carbocycles. The van der Waals surface area contributed by atoms with Gasteiger partial charge in [-0.15, -0.1) is 5.10 Å². The highest BCUT2D eigenvalue weighted by Gasteiger charge is 2.05. The summed E-state index contributed by atoms with van der Waals surface area (Å²) in [7, 11) is 0. The molecule has 2 N–H and O–H groups in total. The summed E-state index contributed by atoms with van der Waals surface area (Å²) >= 11 is 12.2. The predicted molar refractivity (Wildman–Crippen MR) is 93.3 cm³/mol. The molecule has 0 fully saturated rings. The first-order valence-electron chi connectivity index (χ1n) is 6.91. The van der Waals surface area contributed by atoms with Crippen LogP contribution in [-0.4, -0.2) is 15.2 Å². The molecular weight excluding hydrogens is 333 g/mol. The van der Waals surface area contributed by atoms with Gasteiger partial charge in [-0.25, -0.2) is 0 Å². The predicted octanol–water partition coefficient (Wildman–Crippen LogP) is 4.53. The van der Waals surface area contributed by atoms with Crippen molar-refractivity contribution < 1.29 is 0 Å². The molecule has 23 heavy (non-hydrogen) atoms. The van der Waals surface area contributed by atoms with Gasteiger partial charge in [0.1, 0.15) is 0 Å². The van der Waals surface area contributed by atoms with Crippen molar-refractivity contribution in [2.45, 2.75) is 6.54 Å². The van der Waals surface area contributed by atoms with E-state index in [1.807, 2.05) is 42.5 Å². The van der Waals surface area contributed by atoms with Gasteiger partial charge in [0.25, 0.3) is 0 Å². The van der Waals surface area contributed by atoms with Gasteiger partial charge in [0.2, 0.25) is 5.95 Å². The molecule has 0 bridgehead atoms. The Kier molecular flexibility index (Phi) is 4.90. The fraction of sp³-hybridized carbons (Fsp3) is 0.0625. The summed E-state index contributed by atoms with van der Waals surface area (Å²) in [6, 6.07) is 15.0. The monoisotopic (exact) mass is 345 g/mol. The van der Waals surface area contributed by atoms with Crippen LogP contribution in [0.15, 0.2) is 54.7 Å². The lowest BCUT2D eigenvalue weighted by Gasteiger charge is -2.09. The average molecular weight is 346 g/mol. The number of nitrogens with one attached hydrogen (secondary N) is 2. The molecule has 0 aliphatic heterocycles. The van der Waals surface area contributed by atoms with Crippen LogP contribution in [0, 0.1) is 0 Å². The molecular formula is C16H13Cl2N5. The van der Waals surface area contributed by atoms with Gasteiger partial charge in [0, 0.05) is 11.6 Å². The standard InChI is InChI=1S/C16H13Cl2N5/c17-12-6-2-1-5-11(12)9-19-15-10-20-23-16(22-15)21-14-8-4-3-7-13(14)18/h1-8,10H,9H2,(H2,19,21,22,23). The minimum Gasteiger partial charge on any atom is -0.364 e. The number of aromatic nitrogens is 3. The molecule has 0 spiro atoms. The minimum absolute atomic E-state index is 0.363. The molecule has 1 heterocycles. The molecule has 3 aromatic rings. The Morgan fingerprint density at radius 3 is 2.43 bits per heavy atom. The number of anilines is 3. The molecule has 7 heteroatoms. The van der Waals surface area contributed by atoms with Crippen LogP contribution >= 0.6 is 23.2 Å². The van der Waals surface area contributed by atoms with Crippen molar-refractivity contribution in [1.29, 1.82) is 0 Å². The summed E-state index contributed by atoms with van der Waals surface area (Å²) in [5.74, 6) is 0.955. The first-order valence-corrected chi connectivity index (χ1v) is 7.66. The Morgan fingerprint density at radius 2 is 1.65 bits per heavy atom. The van der Waals surface area contributed by atoms with Crippen LogP contribution in [0.5, 0.6) is 0 Å².